The van der Waals surface area contributed by atoms with Gasteiger partial charge in [-0.25, -0.2) is 0 Å². The lowest BCUT2D eigenvalue weighted by atomic mass is 9.87. The largest absolute Gasteiger partial charge is 0.357 e. The predicted octanol–water partition coefficient (Wildman–Crippen LogP) is 2.15. The van der Waals surface area contributed by atoms with Gasteiger partial charge in [0.05, 0.1) is 5.71 Å². The number of benzene rings is 1. The summed E-state index contributed by atoms with van der Waals surface area (Å²) in [5.74, 6) is 1.49. The molecule has 0 atom stereocenters. The molecule has 4 rings (SSSR count). The van der Waals surface area contributed by atoms with Gasteiger partial charge in [-0.05, 0) is 38.1 Å². The Hall–Kier alpha value is -1.35. The molecule has 0 amide bonds. The molecule has 0 radical (unpaired) electrons. The molecular formula is C13H16N2O. The van der Waals surface area contributed by atoms with E-state index in [0.717, 1.165) is 12.3 Å². The quantitative estimate of drug-likeness (QED) is 0.708. The summed E-state index contributed by atoms with van der Waals surface area (Å²) in [6.45, 7) is 3.46. The molecule has 3 heterocycles. The van der Waals surface area contributed by atoms with Gasteiger partial charge in [0.2, 0.25) is 0 Å². The highest BCUT2D eigenvalue weighted by Gasteiger charge is 2.31. The Morgan fingerprint density at radius 1 is 1.12 bits per heavy atom. The van der Waals surface area contributed by atoms with E-state index < -0.39 is 0 Å². The zero-order chi connectivity index (χ0) is 10.8. The van der Waals surface area contributed by atoms with Gasteiger partial charge >= 0.3 is 0 Å². The van der Waals surface area contributed by atoms with Crippen molar-refractivity contribution in [2.45, 2.75) is 12.8 Å². The Labute approximate surface area is 95.7 Å². The standard InChI is InChI=1S/C13H16N2O/c1-2-4-12(5-3-1)16-14-13-10-15-8-6-11(13)7-9-15/h1-5,11H,6-10H2/b14-13+. The van der Waals surface area contributed by atoms with Gasteiger partial charge < -0.3 is 4.84 Å². The molecule has 0 N–H and O–H groups in total. The minimum atomic E-state index is 0.661. The first-order valence-corrected chi connectivity index (χ1v) is 5.93. The molecule has 16 heavy (non-hydrogen) atoms. The number of piperidine rings is 3. The van der Waals surface area contributed by atoms with Crippen LogP contribution in [0, 0.1) is 5.92 Å². The Morgan fingerprint density at radius 2 is 1.88 bits per heavy atom. The van der Waals surface area contributed by atoms with Gasteiger partial charge in [-0.2, -0.15) is 0 Å². The summed E-state index contributed by atoms with van der Waals surface area (Å²) < 4.78 is 0. The van der Waals surface area contributed by atoms with Gasteiger partial charge in [0.1, 0.15) is 0 Å². The summed E-state index contributed by atoms with van der Waals surface area (Å²) in [5, 5.41) is 4.31. The Bertz CT molecular complexity index is 380. The summed E-state index contributed by atoms with van der Waals surface area (Å²) >= 11 is 0. The molecule has 3 saturated heterocycles. The van der Waals surface area contributed by atoms with Crippen LogP contribution >= 0.6 is 0 Å². The zero-order valence-electron chi connectivity index (χ0n) is 9.30. The van der Waals surface area contributed by atoms with Crippen molar-refractivity contribution in [3.8, 4) is 5.75 Å². The van der Waals surface area contributed by atoms with E-state index in [1.807, 2.05) is 30.3 Å². The zero-order valence-corrected chi connectivity index (χ0v) is 9.30. The molecule has 3 fully saturated rings. The van der Waals surface area contributed by atoms with Crippen LogP contribution in [0.4, 0.5) is 0 Å². The maximum atomic E-state index is 5.46. The van der Waals surface area contributed by atoms with Gasteiger partial charge in [0, 0.05) is 12.5 Å². The molecule has 3 aliphatic heterocycles. The highest BCUT2D eigenvalue weighted by Crippen LogP contribution is 2.25. The fraction of sp³-hybridized carbons (Fsp3) is 0.462. The average Bonchev–Trinajstić information content (AvgIpc) is 2.39. The third-order valence-electron chi connectivity index (χ3n) is 3.46. The highest BCUT2D eigenvalue weighted by molar-refractivity contribution is 5.89. The van der Waals surface area contributed by atoms with Crippen LogP contribution in [0.3, 0.4) is 0 Å². The summed E-state index contributed by atoms with van der Waals surface area (Å²) in [4.78, 5) is 7.91. The average molecular weight is 216 g/mol. The molecule has 0 spiro atoms. The van der Waals surface area contributed by atoms with Crippen LogP contribution in [-0.4, -0.2) is 30.2 Å². The molecule has 0 aromatic heterocycles. The summed E-state index contributed by atoms with van der Waals surface area (Å²) in [6.07, 6.45) is 2.49. The van der Waals surface area contributed by atoms with Gasteiger partial charge in [0.25, 0.3) is 0 Å². The number of nitrogens with zero attached hydrogens (tertiary/aromatic N) is 2. The van der Waals surface area contributed by atoms with Gasteiger partial charge in [-0.3, -0.25) is 4.90 Å². The van der Waals surface area contributed by atoms with E-state index in [0.29, 0.717) is 5.92 Å². The van der Waals surface area contributed by atoms with Crippen molar-refractivity contribution in [1.82, 2.24) is 4.90 Å². The maximum absolute atomic E-state index is 5.46. The Kier molecular flexibility index (Phi) is 2.62. The molecule has 1 aromatic rings. The maximum Gasteiger partial charge on any atom is 0.157 e. The second kappa shape index (κ2) is 4.26. The number of oxime groups is 1. The minimum Gasteiger partial charge on any atom is -0.357 e. The molecule has 1 aromatic carbocycles. The molecule has 3 heteroatoms. The second-order valence-corrected chi connectivity index (χ2v) is 4.54. The molecule has 3 aliphatic rings. The van der Waals surface area contributed by atoms with Crippen LogP contribution in [0.5, 0.6) is 5.75 Å². The van der Waals surface area contributed by atoms with Crippen LogP contribution in [0.2, 0.25) is 0 Å². The van der Waals surface area contributed by atoms with Crippen LogP contribution in [0.1, 0.15) is 12.8 Å². The molecule has 0 saturated carbocycles. The molecule has 84 valence electrons. The van der Waals surface area contributed by atoms with E-state index in [4.69, 9.17) is 4.84 Å². The van der Waals surface area contributed by atoms with Crippen LogP contribution in [0.15, 0.2) is 35.5 Å². The Balaban J connectivity index is 1.69. The lowest BCUT2D eigenvalue weighted by molar-refractivity contribution is 0.192. The van der Waals surface area contributed by atoms with Crippen molar-refractivity contribution in [2.24, 2.45) is 11.1 Å². The molecule has 3 nitrogen and oxygen atoms in total. The molecule has 0 aliphatic carbocycles. The predicted molar refractivity (Wildman–Crippen MR) is 63.7 cm³/mol. The van der Waals surface area contributed by atoms with Crippen LogP contribution in [0.25, 0.3) is 0 Å². The van der Waals surface area contributed by atoms with Gasteiger partial charge in [-0.1, -0.05) is 23.4 Å². The number of hydrogen-bond donors (Lipinski definition) is 0. The number of rotatable bonds is 2. The molecule has 2 bridgehead atoms. The smallest absolute Gasteiger partial charge is 0.157 e. The lowest BCUT2D eigenvalue weighted by Gasteiger charge is -2.39. The second-order valence-electron chi connectivity index (χ2n) is 4.54. The van der Waals surface area contributed by atoms with Gasteiger partial charge in [0.15, 0.2) is 5.75 Å². The fourth-order valence-corrected chi connectivity index (χ4v) is 2.48. The van der Waals surface area contributed by atoms with Crippen molar-refractivity contribution in [2.75, 3.05) is 19.6 Å². The SMILES string of the molecule is c1ccc(O/N=C2\CN3CCC2CC3)cc1. The topological polar surface area (TPSA) is 24.8 Å². The Morgan fingerprint density at radius 3 is 2.50 bits per heavy atom. The van der Waals surface area contributed by atoms with E-state index in [1.165, 1.54) is 31.6 Å². The first kappa shape index (κ1) is 9.85. The molecular weight excluding hydrogens is 200 g/mol. The third kappa shape index (κ3) is 1.95. The van der Waals surface area contributed by atoms with Crippen LogP contribution < -0.4 is 4.84 Å². The number of para-hydroxylation sites is 1. The minimum absolute atomic E-state index is 0.661. The first-order chi connectivity index (χ1) is 7.92. The van der Waals surface area contributed by atoms with E-state index in [-0.39, 0.29) is 0 Å². The van der Waals surface area contributed by atoms with Crippen molar-refractivity contribution < 1.29 is 4.84 Å². The first-order valence-electron chi connectivity index (χ1n) is 5.93. The lowest BCUT2D eigenvalue weighted by Crippen LogP contribution is -2.48. The summed E-state index contributed by atoms with van der Waals surface area (Å²) in [6, 6.07) is 9.78. The van der Waals surface area contributed by atoms with E-state index in [9.17, 15) is 0 Å². The summed E-state index contributed by atoms with van der Waals surface area (Å²) in [5.41, 5.74) is 1.22. The number of fused-ring (bicyclic) bond motifs is 3. The van der Waals surface area contributed by atoms with E-state index in [1.54, 1.807) is 0 Å². The van der Waals surface area contributed by atoms with Gasteiger partial charge in [-0.15, -0.1) is 0 Å². The summed E-state index contributed by atoms with van der Waals surface area (Å²) in [7, 11) is 0. The van der Waals surface area contributed by atoms with E-state index in [2.05, 4.69) is 10.1 Å². The normalized spacial score (nSPS) is 30.6. The van der Waals surface area contributed by atoms with Crippen molar-refractivity contribution in [3.63, 3.8) is 0 Å². The number of hydrogen-bond acceptors (Lipinski definition) is 3. The van der Waals surface area contributed by atoms with Crippen molar-refractivity contribution >= 4 is 5.71 Å². The fourth-order valence-electron chi connectivity index (χ4n) is 2.48. The molecule has 0 unspecified atom stereocenters. The monoisotopic (exact) mass is 216 g/mol. The van der Waals surface area contributed by atoms with Crippen LogP contribution in [-0.2, 0) is 0 Å². The van der Waals surface area contributed by atoms with E-state index >= 15 is 0 Å². The van der Waals surface area contributed by atoms with Crippen molar-refractivity contribution in [1.29, 1.82) is 0 Å². The van der Waals surface area contributed by atoms with Crippen molar-refractivity contribution in [3.05, 3.63) is 30.3 Å². The highest BCUT2D eigenvalue weighted by atomic mass is 16.6. The third-order valence-corrected chi connectivity index (χ3v) is 3.46.